The van der Waals surface area contributed by atoms with E-state index in [-0.39, 0.29) is 11.6 Å². The van der Waals surface area contributed by atoms with Crippen molar-refractivity contribution in [1.82, 2.24) is 0 Å². The first kappa shape index (κ1) is 29.1. The predicted octanol–water partition coefficient (Wildman–Crippen LogP) is 3.96. The first-order valence-corrected chi connectivity index (χ1v) is 14.5. The number of hydrazine groups is 1. The molecule has 12 heteroatoms. The van der Waals surface area contributed by atoms with Crippen molar-refractivity contribution in [1.29, 1.82) is 0 Å². The quantitative estimate of drug-likeness (QED) is 0.356. The summed E-state index contributed by atoms with van der Waals surface area (Å²) in [6.45, 7) is 4.82. The third-order valence-electron chi connectivity index (χ3n) is 9.18. The molecule has 0 saturated carbocycles. The molecule has 4 bridgehead atoms. The molecule has 6 atom stereocenters. The van der Waals surface area contributed by atoms with Gasteiger partial charge in [0.2, 0.25) is 11.7 Å². The van der Waals surface area contributed by atoms with Crippen molar-refractivity contribution in [2.24, 2.45) is 11.8 Å². The Bertz CT molecular complexity index is 1730. The number of carbonyl (C=O) groups is 1. The molecule has 1 amide bonds. The van der Waals surface area contributed by atoms with E-state index in [1.165, 1.54) is 26.2 Å². The van der Waals surface area contributed by atoms with Gasteiger partial charge in [-0.3, -0.25) is 4.79 Å². The van der Waals surface area contributed by atoms with Gasteiger partial charge >= 0.3 is 5.91 Å². The van der Waals surface area contributed by atoms with Gasteiger partial charge in [-0.15, -0.1) is 0 Å². The van der Waals surface area contributed by atoms with Gasteiger partial charge < -0.3 is 44.0 Å². The lowest BCUT2D eigenvalue weighted by molar-refractivity contribution is -0.349. The summed E-state index contributed by atoms with van der Waals surface area (Å²) in [6, 6.07) is 21.2. The topological polar surface area (TPSA) is 131 Å². The number of hydrogen-bond acceptors (Lipinski definition) is 11. The lowest BCUT2D eigenvalue weighted by Gasteiger charge is -2.56. The Morgan fingerprint density at radius 2 is 1.36 bits per heavy atom. The maximum Gasteiger partial charge on any atom is 0.321 e. The minimum Gasteiger partial charge on any atom is -0.495 e. The van der Waals surface area contributed by atoms with Gasteiger partial charge in [0.25, 0.3) is 5.88 Å². The summed E-state index contributed by atoms with van der Waals surface area (Å²) in [4.78, 5) is 14.2. The molecule has 4 aliphatic rings. The highest BCUT2D eigenvalue weighted by molar-refractivity contribution is 5.95. The van der Waals surface area contributed by atoms with Gasteiger partial charge in [0.1, 0.15) is 46.1 Å². The smallest absolute Gasteiger partial charge is 0.321 e. The van der Waals surface area contributed by atoms with E-state index in [0.717, 1.165) is 0 Å². The van der Waals surface area contributed by atoms with Crippen molar-refractivity contribution < 1.29 is 43.4 Å². The summed E-state index contributed by atoms with van der Waals surface area (Å²) in [5, 5.41) is 31.6. The number of fused-ring (bicyclic) bond motifs is 5. The lowest BCUT2D eigenvalue weighted by atomic mass is 9.63. The molecule has 7 rings (SSSR count). The molecule has 3 aromatic carbocycles. The second-order valence-corrected chi connectivity index (χ2v) is 12.0. The van der Waals surface area contributed by atoms with Gasteiger partial charge in [0, 0.05) is 6.92 Å². The molecule has 0 spiro atoms. The number of ether oxygens (including phenoxy) is 6. The van der Waals surface area contributed by atoms with Crippen LogP contribution in [0.5, 0.6) is 17.2 Å². The summed E-state index contributed by atoms with van der Waals surface area (Å²) in [5.74, 6) is -5.62. The molecule has 6 unspecified atom stereocenters. The molecule has 3 aromatic rings. The summed E-state index contributed by atoms with van der Waals surface area (Å²) in [5.41, 5.74) is -2.12. The molecule has 236 valence electrons. The van der Waals surface area contributed by atoms with E-state index in [2.05, 4.69) is 5.32 Å². The van der Waals surface area contributed by atoms with Gasteiger partial charge in [0.05, 0.1) is 32.6 Å². The molecule has 12 nitrogen and oxygen atoms in total. The maximum atomic E-state index is 14.2. The Morgan fingerprint density at radius 3 is 2.00 bits per heavy atom. The first-order chi connectivity index (χ1) is 21.4. The average Bonchev–Trinajstić information content (AvgIpc) is 3.43. The molecular formula is C33H35N3O9. The zero-order valence-corrected chi connectivity index (χ0v) is 25.7. The number of benzene rings is 3. The normalized spacial score (nSPS) is 32.5. The number of nitrogens with zero attached hydrogens (tertiary/aromatic N) is 2. The van der Waals surface area contributed by atoms with Crippen LogP contribution in [0.1, 0.15) is 20.8 Å². The fourth-order valence-electron chi connectivity index (χ4n) is 7.70. The predicted molar refractivity (Wildman–Crippen MR) is 162 cm³/mol. The third kappa shape index (κ3) is 3.79. The fourth-order valence-corrected chi connectivity index (χ4v) is 7.70. The number of carbonyl (C=O) groups excluding carboxylic acids is 1. The van der Waals surface area contributed by atoms with Crippen LogP contribution < -0.4 is 29.5 Å². The largest absolute Gasteiger partial charge is 0.495 e. The minimum absolute atomic E-state index is 0.108. The Hall–Kier alpha value is -4.65. The number of aliphatic hydroxyl groups is 2. The molecule has 0 aromatic heterocycles. The molecule has 4 heterocycles. The summed E-state index contributed by atoms with van der Waals surface area (Å²) >= 11 is 0. The monoisotopic (exact) mass is 617 g/mol. The van der Waals surface area contributed by atoms with Crippen LogP contribution >= 0.6 is 0 Å². The van der Waals surface area contributed by atoms with Crippen molar-refractivity contribution in [3.8, 4) is 17.2 Å². The van der Waals surface area contributed by atoms with E-state index in [4.69, 9.17) is 28.4 Å². The molecule has 3 fully saturated rings. The highest BCUT2D eigenvalue weighted by atomic mass is 16.8. The van der Waals surface area contributed by atoms with Crippen molar-refractivity contribution in [2.45, 2.75) is 43.7 Å². The van der Waals surface area contributed by atoms with Crippen molar-refractivity contribution in [3.05, 3.63) is 84.4 Å². The van der Waals surface area contributed by atoms with Crippen LogP contribution in [0, 0.1) is 11.8 Å². The van der Waals surface area contributed by atoms with Crippen LogP contribution in [0.4, 0.5) is 17.1 Å². The van der Waals surface area contributed by atoms with Gasteiger partial charge in [-0.25, -0.2) is 10.0 Å². The molecule has 3 N–H and O–H groups in total. The SMILES string of the molecule is COc1ccccc1NC(=O)C1C2(C)OC3=C4OC(O)(C(C3(C)O2)C1(C)O)N(c1ccccc1OC)N4c1ccccc1OC. The zero-order valence-electron chi connectivity index (χ0n) is 25.7. The average molecular weight is 618 g/mol. The minimum atomic E-state index is -2.33. The number of amides is 1. The van der Waals surface area contributed by atoms with Crippen LogP contribution in [-0.4, -0.2) is 60.3 Å². The summed E-state index contributed by atoms with van der Waals surface area (Å²) in [6.07, 6.45) is 0. The van der Waals surface area contributed by atoms with Crippen molar-refractivity contribution >= 4 is 23.0 Å². The molecule has 0 radical (unpaired) electrons. The number of anilines is 3. The molecular weight excluding hydrogens is 582 g/mol. The molecule has 0 aliphatic carbocycles. The summed E-state index contributed by atoms with van der Waals surface area (Å²) in [7, 11) is 4.56. The standard InChI is InChI=1S/C33H35N3O9/c1-30(38)25(27(37)34-19-13-7-10-16-22(19)40-4)32(3)43-26-28-35(20-14-8-11-17-23(20)41-5)36(21-15-9-12-18-24(21)42-6)33(39,44-28)29(30)31(26,2)45-32/h7-18,25,29,38-39H,1-6H3,(H,34,37). The summed E-state index contributed by atoms with van der Waals surface area (Å²) < 4.78 is 36.5. The molecule has 45 heavy (non-hydrogen) atoms. The van der Waals surface area contributed by atoms with Crippen LogP contribution in [-0.2, 0) is 19.0 Å². The van der Waals surface area contributed by atoms with Crippen LogP contribution in [0.3, 0.4) is 0 Å². The molecule has 3 saturated heterocycles. The Morgan fingerprint density at radius 1 is 0.800 bits per heavy atom. The van der Waals surface area contributed by atoms with Gasteiger partial charge in [0.15, 0.2) is 5.76 Å². The Kier molecular flexibility index (Phi) is 6.25. The zero-order chi connectivity index (χ0) is 31.9. The maximum absolute atomic E-state index is 14.2. The first-order valence-electron chi connectivity index (χ1n) is 14.5. The number of methoxy groups -OCH3 is 3. The Labute approximate surface area is 260 Å². The molecule has 4 aliphatic heterocycles. The van der Waals surface area contributed by atoms with Gasteiger partial charge in [-0.1, -0.05) is 36.4 Å². The van der Waals surface area contributed by atoms with Crippen molar-refractivity contribution in [2.75, 3.05) is 36.7 Å². The lowest BCUT2D eigenvalue weighted by Crippen LogP contribution is -2.75. The van der Waals surface area contributed by atoms with E-state index in [9.17, 15) is 15.0 Å². The van der Waals surface area contributed by atoms with Crippen LogP contribution in [0.25, 0.3) is 0 Å². The number of hydrogen-bond donors (Lipinski definition) is 3. The van der Waals surface area contributed by atoms with E-state index in [0.29, 0.717) is 34.3 Å². The van der Waals surface area contributed by atoms with E-state index < -0.39 is 40.6 Å². The second-order valence-electron chi connectivity index (χ2n) is 12.0. The third-order valence-corrected chi connectivity index (χ3v) is 9.18. The van der Waals surface area contributed by atoms with E-state index >= 15 is 0 Å². The van der Waals surface area contributed by atoms with Crippen LogP contribution in [0.15, 0.2) is 84.4 Å². The van der Waals surface area contributed by atoms with Gasteiger partial charge in [-0.05, 0) is 50.2 Å². The number of para-hydroxylation sites is 6. The van der Waals surface area contributed by atoms with Crippen LogP contribution in [0.2, 0.25) is 0 Å². The number of nitrogens with one attached hydrogen (secondary N) is 1. The highest BCUT2D eigenvalue weighted by Crippen LogP contribution is 2.68. The Balaban J connectivity index is 1.45. The fraction of sp³-hybridized carbons (Fsp3) is 0.364. The second kappa shape index (κ2) is 9.67. The number of rotatable bonds is 7. The van der Waals surface area contributed by atoms with Crippen molar-refractivity contribution in [3.63, 3.8) is 0 Å². The van der Waals surface area contributed by atoms with Gasteiger partial charge in [-0.2, -0.15) is 0 Å². The highest BCUT2D eigenvalue weighted by Gasteiger charge is 2.83. The van der Waals surface area contributed by atoms with E-state index in [1.54, 1.807) is 86.6 Å². The van der Waals surface area contributed by atoms with E-state index in [1.807, 2.05) is 12.1 Å².